The van der Waals surface area contributed by atoms with Gasteiger partial charge in [-0.2, -0.15) is 0 Å². The molecule has 1 atom stereocenters. The van der Waals surface area contributed by atoms with Crippen LogP contribution in [0.4, 0.5) is 5.69 Å². The lowest BCUT2D eigenvalue weighted by atomic mass is 10.1. The molecule has 2 rings (SSSR count). The standard InChI is InChI=1S/C18H22N2O/c1-4-19-17(15-8-6-5-7-9-15)18(21)20-16-12-13(2)10-11-14(16)3/h5-12,17,19H,4H2,1-3H3,(H,20,21)/p+1/t17-/m0/s1. The van der Waals surface area contributed by atoms with Crippen LogP contribution in [0, 0.1) is 13.8 Å². The number of quaternary nitrogens is 1. The largest absolute Gasteiger partial charge is 0.332 e. The van der Waals surface area contributed by atoms with E-state index in [9.17, 15) is 4.79 Å². The van der Waals surface area contributed by atoms with Gasteiger partial charge in [-0.25, -0.2) is 0 Å². The first kappa shape index (κ1) is 15.3. The van der Waals surface area contributed by atoms with Crippen LogP contribution >= 0.6 is 0 Å². The van der Waals surface area contributed by atoms with Crippen molar-refractivity contribution in [1.29, 1.82) is 0 Å². The molecular weight excluding hydrogens is 260 g/mol. The van der Waals surface area contributed by atoms with Gasteiger partial charge in [-0.1, -0.05) is 42.5 Å². The van der Waals surface area contributed by atoms with E-state index in [1.54, 1.807) is 0 Å². The number of anilines is 1. The highest BCUT2D eigenvalue weighted by Crippen LogP contribution is 2.18. The number of amides is 1. The molecule has 0 spiro atoms. The molecule has 21 heavy (non-hydrogen) atoms. The van der Waals surface area contributed by atoms with Gasteiger partial charge in [-0.05, 0) is 38.0 Å². The lowest BCUT2D eigenvalue weighted by Crippen LogP contribution is -2.86. The van der Waals surface area contributed by atoms with Gasteiger partial charge in [0.05, 0.1) is 6.54 Å². The SMILES string of the molecule is CC[NH2+][C@H](C(=O)Nc1cc(C)ccc1C)c1ccccc1. The quantitative estimate of drug-likeness (QED) is 0.870. The molecule has 3 N–H and O–H groups in total. The van der Waals surface area contributed by atoms with Crippen molar-refractivity contribution in [3.63, 3.8) is 0 Å². The van der Waals surface area contributed by atoms with E-state index in [0.29, 0.717) is 0 Å². The first-order valence-electron chi connectivity index (χ1n) is 7.38. The zero-order valence-electron chi connectivity index (χ0n) is 12.9. The maximum Gasteiger partial charge on any atom is 0.287 e. The van der Waals surface area contributed by atoms with Gasteiger partial charge < -0.3 is 10.6 Å². The summed E-state index contributed by atoms with van der Waals surface area (Å²) in [5.41, 5.74) is 4.15. The molecule has 0 aliphatic rings. The Kier molecular flexibility index (Phi) is 5.12. The summed E-state index contributed by atoms with van der Waals surface area (Å²) in [6.07, 6.45) is 0. The third-order valence-electron chi connectivity index (χ3n) is 3.56. The van der Waals surface area contributed by atoms with Crippen LogP contribution in [-0.2, 0) is 4.79 Å². The summed E-state index contributed by atoms with van der Waals surface area (Å²) in [4.78, 5) is 12.6. The fourth-order valence-corrected chi connectivity index (χ4v) is 2.37. The Balaban J connectivity index is 2.21. The number of likely N-dealkylation sites (N-methyl/N-ethyl adjacent to an activating group) is 1. The van der Waals surface area contributed by atoms with E-state index >= 15 is 0 Å². The third-order valence-corrected chi connectivity index (χ3v) is 3.56. The van der Waals surface area contributed by atoms with Gasteiger partial charge >= 0.3 is 0 Å². The fourth-order valence-electron chi connectivity index (χ4n) is 2.37. The third kappa shape index (κ3) is 3.92. The molecule has 0 heterocycles. The molecule has 0 unspecified atom stereocenters. The summed E-state index contributed by atoms with van der Waals surface area (Å²) in [6, 6.07) is 15.8. The fraction of sp³-hybridized carbons (Fsp3) is 0.278. The van der Waals surface area contributed by atoms with Crippen LogP contribution in [0.2, 0.25) is 0 Å². The summed E-state index contributed by atoms with van der Waals surface area (Å²) in [5.74, 6) is 0.0248. The minimum absolute atomic E-state index is 0.0248. The highest BCUT2D eigenvalue weighted by molar-refractivity contribution is 5.95. The lowest BCUT2D eigenvalue weighted by molar-refractivity contribution is -0.679. The van der Waals surface area contributed by atoms with Crippen LogP contribution in [-0.4, -0.2) is 12.5 Å². The summed E-state index contributed by atoms with van der Waals surface area (Å²) in [7, 11) is 0. The molecule has 0 fully saturated rings. The van der Waals surface area contributed by atoms with Crippen LogP contribution in [0.25, 0.3) is 0 Å². The molecule has 2 aromatic rings. The average molecular weight is 283 g/mol. The maximum absolute atomic E-state index is 12.6. The number of hydrogen-bond donors (Lipinski definition) is 2. The molecule has 0 aromatic heterocycles. The molecule has 0 aliphatic heterocycles. The van der Waals surface area contributed by atoms with Crippen LogP contribution in [0.15, 0.2) is 48.5 Å². The molecule has 0 saturated heterocycles. The normalized spacial score (nSPS) is 12.0. The Labute approximate surface area is 126 Å². The molecule has 2 aromatic carbocycles. The van der Waals surface area contributed by atoms with Crippen molar-refractivity contribution in [2.24, 2.45) is 0 Å². The van der Waals surface area contributed by atoms with Crippen LogP contribution in [0.1, 0.15) is 29.7 Å². The first-order chi connectivity index (χ1) is 10.1. The number of rotatable bonds is 5. The number of aryl methyl sites for hydroxylation is 2. The minimum Gasteiger partial charge on any atom is -0.332 e. The molecule has 0 radical (unpaired) electrons. The van der Waals surface area contributed by atoms with E-state index in [2.05, 4.69) is 23.6 Å². The van der Waals surface area contributed by atoms with E-state index < -0.39 is 0 Å². The highest BCUT2D eigenvalue weighted by Gasteiger charge is 2.23. The number of carbonyl (C=O) groups excluding carboxylic acids is 1. The Hall–Kier alpha value is -2.13. The van der Waals surface area contributed by atoms with Crippen molar-refractivity contribution < 1.29 is 10.1 Å². The molecule has 0 aliphatic carbocycles. The van der Waals surface area contributed by atoms with Gasteiger partial charge in [-0.15, -0.1) is 0 Å². The van der Waals surface area contributed by atoms with Gasteiger partial charge in [0.25, 0.3) is 5.91 Å². The topological polar surface area (TPSA) is 45.7 Å². The van der Waals surface area contributed by atoms with Crippen LogP contribution in [0.5, 0.6) is 0 Å². The van der Waals surface area contributed by atoms with Crippen molar-refractivity contribution in [2.75, 3.05) is 11.9 Å². The van der Waals surface area contributed by atoms with Gasteiger partial charge in [0, 0.05) is 11.3 Å². The van der Waals surface area contributed by atoms with E-state index in [0.717, 1.165) is 28.9 Å². The predicted octanol–water partition coefficient (Wildman–Crippen LogP) is 2.57. The summed E-state index contributed by atoms with van der Waals surface area (Å²) >= 11 is 0. The number of benzene rings is 2. The molecule has 3 nitrogen and oxygen atoms in total. The molecule has 0 bridgehead atoms. The number of hydrogen-bond acceptors (Lipinski definition) is 1. The van der Waals surface area contributed by atoms with Gasteiger partial charge in [-0.3, -0.25) is 4.79 Å². The van der Waals surface area contributed by atoms with Crippen LogP contribution < -0.4 is 10.6 Å². The second-order valence-electron chi connectivity index (χ2n) is 5.34. The van der Waals surface area contributed by atoms with Crippen LogP contribution in [0.3, 0.4) is 0 Å². The number of nitrogens with one attached hydrogen (secondary N) is 1. The molecule has 110 valence electrons. The van der Waals surface area contributed by atoms with E-state index in [1.165, 1.54) is 0 Å². The van der Waals surface area contributed by atoms with E-state index in [1.807, 2.05) is 56.3 Å². The Morgan fingerprint density at radius 2 is 1.86 bits per heavy atom. The molecular formula is C18H23N2O+. The molecule has 3 heteroatoms. The molecule has 0 saturated carbocycles. The summed E-state index contributed by atoms with van der Waals surface area (Å²) in [6.45, 7) is 6.96. The van der Waals surface area contributed by atoms with Crippen molar-refractivity contribution in [3.8, 4) is 0 Å². The second kappa shape index (κ2) is 7.04. The smallest absolute Gasteiger partial charge is 0.287 e. The number of nitrogens with two attached hydrogens (primary N) is 1. The Morgan fingerprint density at radius 3 is 2.52 bits per heavy atom. The van der Waals surface area contributed by atoms with Crippen molar-refractivity contribution in [1.82, 2.24) is 0 Å². The lowest BCUT2D eigenvalue weighted by Gasteiger charge is -2.16. The zero-order chi connectivity index (χ0) is 15.2. The monoisotopic (exact) mass is 283 g/mol. The first-order valence-corrected chi connectivity index (χ1v) is 7.38. The van der Waals surface area contributed by atoms with E-state index in [-0.39, 0.29) is 11.9 Å². The zero-order valence-corrected chi connectivity index (χ0v) is 12.9. The van der Waals surface area contributed by atoms with Gasteiger partial charge in [0.1, 0.15) is 0 Å². The molecule has 1 amide bonds. The van der Waals surface area contributed by atoms with Crippen molar-refractivity contribution >= 4 is 11.6 Å². The summed E-state index contributed by atoms with van der Waals surface area (Å²) < 4.78 is 0. The second-order valence-corrected chi connectivity index (χ2v) is 5.34. The average Bonchev–Trinajstić information content (AvgIpc) is 2.49. The highest BCUT2D eigenvalue weighted by atomic mass is 16.2. The maximum atomic E-state index is 12.6. The Bertz CT molecular complexity index is 608. The van der Waals surface area contributed by atoms with Crippen molar-refractivity contribution in [2.45, 2.75) is 26.8 Å². The van der Waals surface area contributed by atoms with E-state index in [4.69, 9.17) is 0 Å². The Morgan fingerprint density at radius 1 is 1.14 bits per heavy atom. The predicted molar refractivity (Wildman–Crippen MR) is 86.2 cm³/mol. The number of carbonyl (C=O) groups is 1. The van der Waals surface area contributed by atoms with Crippen molar-refractivity contribution in [3.05, 3.63) is 65.2 Å². The van der Waals surface area contributed by atoms with Gasteiger partial charge in [0.2, 0.25) is 0 Å². The van der Waals surface area contributed by atoms with Gasteiger partial charge in [0.15, 0.2) is 6.04 Å². The minimum atomic E-state index is -0.212. The summed E-state index contributed by atoms with van der Waals surface area (Å²) in [5, 5.41) is 5.12.